The molecule has 6 nitrogen and oxygen atoms in total. The first-order chi connectivity index (χ1) is 12.6. The van der Waals surface area contributed by atoms with Crippen LogP contribution in [0.3, 0.4) is 0 Å². The number of amides is 1. The van der Waals surface area contributed by atoms with Gasteiger partial charge in [0.05, 0.1) is 11.0 Å². The monoisotopic (exact) mass is 380 g/mol. The summed E-state index contributed by atoms with van der Waals surface area (Å²) in [7, 11) is -3.44. The zero-order valence-corrected chi connectivity index (χ0v) is 15.9. The summed E-state index contributed by atoms with van der Waals surface area (Å²) >= 11 is 0. The second-order valence-electron chi connectivity index (χ2n) is 7.16. The zero-order chi connectivity index (χ0) is 18.4. The average molecular weight is 381 g/mol. The van der Waals surface area contributed by atoms with E-state index in [0.29, 0.717) is 31.0 Å². The van der Waals surface area contributed by atoms with Gasteiger partial charge in [0.25, 0.3) is 0 Å². The Kier molecular flexibility index (Phi) is 6.67. The van der Waals surface area contributed by atoms with Gasteiger partial charge in [-0.25, -0.2) is 8.42 Å². The van der Waals surface area contributed by atoms with E-state index in [-0.39, 0.29) is 17.9 Å². The van der Waals surface area contributed by atoms with Gasteiger partial charge in [0.2, 0.25) is 15.9 Å². The van der Waals surface area contributed by atoms with Crippen LogP contribution in [0.1, 0.15) is 38.5 Å². The number of hydrogen-bond donors (Lipinski definition) is 1. The van der Waals surface area contributed by atoms with Gasteiger partial charge >= 0.3 is 0 Å². The van der Waals surface area contributed by atoms with E-state index in [1.165, 1.54) is 0 Å². The SMILES string of the molecule is O=C(CC[C@@H]1CCCN(S(=O)(=O)c2ccccc2)C1)NC[C@H]1CCCO1. The van der Waals surface area contributed by atoms with Crippen LogP contribution in [0.25, 0.3) is 0 Å². The van der Waals surface area contributed by atoms with Crippen molar-refractivity contribution in [2.24, 2.45) is 5.92 Å². The number of ether oxygens (including phenoxy) is 1. The van der Waals surface area contributed by atoms with E-state index >= 15 is 0 Å². The fraction of sp³-hybridized carbons (Fsp3) is 0.632. The fourth-order valence-electron chi connectivity index (χ4n) is 3.68. The van der Waals surface area contributed by atoms with Gasteiger partial charge in [-0.1, -0.05) is 18.2 Å². The van der Waals surface area contributed by atoms with Gasteiger partial charge < -0.3 is 10.1 Å². The van der Waals surface area contributed by atoms with Crippen molar-refractivity contribution in [3.63, 3.8) is 0 Å². The molecule has 144 valence electrons. The van der Waals surface area contributed by atoms with Crippen molar-refractivity contribution in [1.29, 1.82) is 0 Å². The van der Waals surface area contributed by atoms with Gasteiger partial charge in [0, 0.05) is 32.7 Å². The molecule has 2 atom stereocenters. The largest absolute Gasteiger partial charge is 0.376 e. The molecule has 1 N–H and O–H groups in total. The van der Waals surface area contributed by atoms with Crippen LogP contribution in [0.15, 0.2) is 35.2 Å². The molecule has 7 heteroatoms. The van der Waals surface area contributed by atoms with Gasteiger partial charge in [-0.05, 0) is 50.2 Å². The highest BCUT2D eigenvalue weighted by Crippen LogP contribution is 2.26. The minimum atomic E-state index is -3.44. The van der Waals surface area contributed by atoms with E-state index in [1.54, 1.807) is 28.6 Å². The number of nitrogens with one attached hydrogen (secondary N) is 1. The first-order valence-corrected chi connectivity index (χ1v) is 10.9. The molecule has 26 heavy (non-hydrogen) atoms. The van der Waals surface area contributed by atoms with Crippen molar-refractivity contribution in [2.75, 3.05) is 26.2 Å². The molecule has 1 aromatic rings. The quantitative estimate of drug-likeness (QED) is 0.787. The Hall–Kier alpha value is -1.44. The Morgan fingerprint density at radius 1 is 1.19 bits per heavy atom. The van der Waals surface area contributed by atoms with Crippen LogP contribution in [0.5, 0.6) is 0 Å². The molecule has 2 saturated heterocycles. The second-order valence-corrected chi connectivity index (χ2v) is 9.10. The summed E-state index contributed by atoms with van der Waals surface area (Å²) in [6.07, 6.45) is 5.20. The number of sulfonamides is 1. The topological polar surface area (TPSA) is 75.7 Å². The van der Waals surface area contributed by atoms with Crippen LogP contribution >= 0.6 is 0 Å². The van der Waals surface area contributed by atoms with Gasteiger partial charge in [-0.15, -0.1) is 0 Å². The standard InChI is InChI=1S/C19H28N2O4S/c22-19(20-14-17-7-5-13-25-17)11-10-16-6-4-12-21(15-16)26(23,24)18-8-2-1-3-9-18/h1-3,8-9,16-17H,4-7,10-15H2,(H,20,22)/t16-,17+/m0/s1. The molecule has 0 unspecified atom stereocenters. The molecular formula is C19H28N2O4S. The minimum absolute atomic E-state index is 0.0311. The van der Waals surface area contributed by atoms with E-state index in [1.807, 2.05) is 6.07 Å². The molecule has 0 spiro atoms. The highest BCUT2D eigenvalue weighted by Gasteiger charge is 2.30. The highest BCUT2D eigenvalue weighted by molar-refractivity contribution is 7.89. The van der Waals surface area contributed by atoms with Crippen LogP contribution in [-0.4, -0.2) is 51.0 Å². The summed E-state index contributed by atoms with van der Waals surface area (Å²) in [5.74, 6) is 0.263. The third kappa shape index (κ3) is 5.05. The lowest BCUT2D eigenvalue weighted by molar-refractivity contribution is -0.121. The van der Waals surface area contributed by atoms with Crippen LogP contribution in [0.2, 0.25) is 0 Å². The number of hydrogen-bond acceptors (Lipinski definition) is 4. The summed E-state index contributed by atoms with van der Waals surface area (Å²) < 4.78 is 32.6. The Morgan fingerprint density at radius 2 is 2.00 bits per heavy atom. The van der Waals surface area contributed by atoms with Crippen LogP contribution in [0.4, 0.5) is 0 Å². The molecule has 0 aromatic heterocycles. The number of piperidine rings is 1. The average Bonchev–Trinajstić information content (AvgIpc) is 3.19. The molecule has 0 radical (unpaired) electrons. The molecule has 2 aliphatic rings. The van der Waals surface area contributed by atoms with Gasteiger partial charge in [0.15, 0.2) is 0 Å². The lowest BCUT2D eigenvalue weighted by Crippen LogP contribution is -2.40. The summed E-state index contributed by atoms with van der Waals surface area (Å²) in [4.78, 5) is 12.4. The Morgan fingerprint density at radius 3 is 2.73 bits per heavy atom. The second kappa shape index (κ2) is 8.97. The Bertz CT molecular complexity index is 687. The number of nitrogens with zero attached hydrogens (tertiary/aromatic N) is 1. The number of rotatable bonds is 7. The first kappa shape index (κ1) is 19.3. The van der Waals surface area contributed by atoms with Crippen molar-refractivity contribution in [3.05, 3.63) is 30.3 Å². The molecule has 2 heterocycles. The molecule has 1 aromatic carbocycles. The van der Waals surface area contributed by atoms with Crippen LogP contribution in [0, 0.1) is 5.92 Å². The maximum Gasteiger partial charge on any atom is 0.243 e. The molecular weight excluding hydrogens is 352 g/mol. The van der Waals surface area contributed by atoms with Crippen LogP contribution in [-0.2, 0) is 19.6 Å². The third-order valence-corrected chi connectivity index (χ3v) is 7.07. The molecule has 2 aliphatic heterocycles. The number of carbonyl (C=O) groups excluding carboxylic acids is 1. The molecule has 0 saturated carbocycles. The number of benzene rings is 1. The highest BCUT2D eigenvalue weighted by atomic mass is 32.2. The Balaban J connectivity index is 1.46. The van der Waals surface area contributed by atoms with Crippen molar-refractivity contribution in [3.8, 4) is 0 Å². The number of carbonyl (C=O) groups is 1. The normalized spacial score (nSPS) is 24.5. The molecule has 1 amide bonds. The molecule has 0 bridgehead atoms. The smallest absolute Gasteiger partial charge is 0.243 e. The van der Waals surface area contributed by atoms with E-state index in [0.717, 1.165) is 38.7 Å². The van der Waals surface area contributed by atoms with Gasteiger partial charge in [-0.3, -0.25) is 4.79 Å². The van der Waals surface area contributed by atoms with Crippen molar-refractivity contribution < 1.29 is 17.9 Å². The molecule has 3 rings (SSSR count). The summed E-state index contributed by atoms with van der Waals surface area (Å²) in [6, 6.07) is 8.57. The zero-order valence-electron chi connectivity index (χ0n) is 15.1. The van der Waals surface area contributed by atoms with E-state index in [4.69, 9.17) is 4.74 Å². The summed E-state index contributed by atoms with van der Waals surface area (Å²) in [6.45, 7) is 2.42. The molecule has 0 aliphatic carbocycles. The van der Waals surface area contributed by atoms with Gasteiger partial charge in [0.1, 0.15) is 0 Å². The van der Waals surface area contributed by atoms with Crippen molar-refractivity contribution in [1.82, 2.24) is 9.62 Å². The first-order valence-electron chi connectivity index (χ1n) is 9.49. The van der Waals surface area contributed by atoms with E-state index in [2.05, 4.69) is 5.32 Å². The lowest BCUT2D eigenvalue weighted by atomic mass is 9.94. The third-order valence-electron chi connectivity index (χ3n) is 5.19. The summed E-state index contributed by atoms with van der Waals surface area (Å²) in [5.41, 5.74) is 0. The predicted molar refractivity (Wildman–Crippen MR) is 99.1 cm³/mol. The van der Waals surface area contributed by atoms with Crippen molar-refractivity contribution in [2.45, 2.75) is 49.5 Å². The van der Waals surface area contributed by atoms with Crippen LogP contribution < -0.4 is 5.32 Å². The van der Waals surface area contributed by atoms with E-state index in [9.17, 15) is 13.2 Å². The molecule has 2 fully saturated rings. The fourth-order valence-corrected chi connectivity index (χ4v) is 5.25. The summed E-state index contributed by atoms with van der Waals surface area (Å²) in [5, 5.41) is 2.94. The van der Waals surface area contributed by atoms with E-state index < -0.39 is 10.0 Å². The maximum atomic E-state index is 12.8. The predicted octanol–water partition coefficient (Wildman–Crippen LogP) is 2.16. The Labute approximate surface area is 156 Å². The van der Waals surface area contributed by atoms with Gasteiger partial charge in [-0.2, -0.15) is 4.31 Å². The lowest BCUT2D eigenvalue weighted by Gasteiger charge is -2.32. The minimum Gasteiger partial charge on any atom is -0.376 e. The van der Waals surface area contributed by atoms with Crippen molar-refractivity contribution >= 4 is 15.9 Å². The maximum absolute atomic E-state index is 12.8.